The maximum absolute atomic E-state index is 4.11. The lowest BCUT2D eigenvalue weighted by Gasteiger charge is -2.40. The predicted octanol–water partition coefficient (Wildman–Crippen LogP) is 5.73. The molecule has 0 bridgehead atoms. The minimum absolute atomic E-state index is 0.426. The van der Waals surface area contributed by atoms with Gasteiger partial charge in [-0.15, -0.1) is 0 Å². The van der Waals surface area contributed by atoms with Crippen LogP contribution in [0.1, 0.15) is 80.1 Å². The molecule has 0 aromatic rings. The highest BCUT2D eigenvalue weighted by Gasteiger charge is 2.32. The number of aliphatic imine (C=N–C) groups is 1. The third-order valence-electron chi connectivity index (χ3n) is 4.40. The predicted molar refractivity (Wildman–Crippen MR) is 84.5 cm³/mol. The summed E-state index contributed by atoms with van der Waals surface area (Å²) < 4.78 is 0. The van der Waals surface area contributed by atoms with Crippen LogP contribution < -0.4 is 0 Å². The summed E-state index contributed by atoms with van der Waals surface area (Å²) in [5.41, 5.74) is 0.545. The summed E-state index contributed by atoms with van der Waals surface area (Å²) in [7, 11) is 0. The maximum Gasteiger partial charge on any atom is 0.0464 e. The van der Waals surface area contributed by atoms with Gasteiger partial charge in [-0.2, -0.15) is 0 Å². The molecule has 0 aliphatic rings. The van der Waals surface area contributed by atoms with E-state index in [4.69, 9.17) is 0 Å². The summed E-state index contributed by atoms with van der Waals surface area (Å²) in [6.45, 7) is 17.7. The molecule has 0 saturated heterocycles. The first kappa shape index (κ1) is 17.7. The highest BCUT2D eigenvalue weighted by molar-refractivity contribution is 5.23. The van der Waals surface area contributed by atoms with Crippen LogP contribution in [0.3, 0.4) is 0 Å². The Hall–Kier alpha value is -0.330. The standard InChI is InChI=1S/C17H35N/c1-8-11-17(15(4)5,13-14(2)3)12-9-10-16(6)18-7/h14-16H,7-13H2,1-6H3. The van der Waals surface area contributed by atoms with Crippen molar-refractivity contribution in [3.63, 3.8) is 0 Å². The zero-order valence-electron chi connectivity index (χ0n) is 13.6. The number of rotatable bonds is 10. The molecule has 108 valence electrons. The lowest BCUT2D eigenvalue weighted by molar-refractivity contribution is 0.111. The Labute approximate surface area is 115 Å². The van der Waals surface area contributed by atoms with Crippen molar-refractivity contribution in [3.8, 4) is 0 Å². The number of hydrogen-bond donors (Lipinski definition) is 0. The second-order valence-corrected chi connectivity index (χ2v) is 6.79. The molecule has 18 heavy (non-hydrogen) atoms. The van der Waals surface area contributed by atoms with E-state index in [2.05, 4.69) is 53.3 Å². The zero-order chi connectivity index (χ0) is 14.2. The Bertz CT molecular complexity index is 220. The van der Waals surface area contributed by atoms with Crippen molar-refractivity contribution >= 4 is 6.72 Å². The van der Waals surface area contributed by atoms with Crippen LogP contribution in [0.5, 0.6) is 0 Å². The van der Waals surface area contributed by atoms with Crippen LogP contribution in [0, 0.1) is 17.3 Å². The van der Waals surface area contributed by atoms with Gasteiger partial charge in [-0.1, -0.05) is 47.5 Å². The average Bonchev–Trinajstić information content (AvgIpc) is 2.27. The monoisotopic (exact) mass is 253 g/mol. The molecule has 0 aromatic heterocycles. The molecule has 0 saturated carbocycles. The molecule has 0 aromatic carbocycles. The summed E-state index contributed by atoms with van der Waals surface area (Å²) in [5, 5.41) is 0. The van der Waals surface area contributed by atoms with Crippen molar-refractivity contribution in [1.82, 2.24) is 0 Å². The van der Waals surface area contributed by atoms with Crippen LogP contribution in [0.4, 0.5) is 0 Å². The third kappa shape index (κ3) is 6.02. The highest BCUT2D eigenvalue weighted by Crippen LogP contribution is 2.43. The Balaban J connectivity index is 4.56. The van der Waals surface area contributed by atoms with Crippen LogP contribution in [-0.2, 0) is 0 Å². The van der Waals surface area contributed by atoms with Gasteiger partial charge in [0, 0.05) is 6.04 Å². The van der Waals surface area contributed by atoms with Gasteiger partial charge < -0.3 is 0 Å². The smallest absolute Gasteiger partial charge is 0.0464 e. The lowest BCUT2D eigenvalue weighted by Crippen LogP contribution is -2.29. The van der Waals surface area contributed by atoms with Gasteiger partial charge in [0.15, 0.2) is 0 Å². The van der Waals surface area contributed by atoms with E-state index in [1.54, 1.807) is 0 Å². The van der Waals surface area contributed by atoms with E-state index in [-0.39, 0.29) is 0 Å². The van der Waals surface area contributed by atoms with Crippen molar-refractivity contribution < 1.29 is 0 Å². The van der Waals surface area contributed by atoms with E-state index < -0.39 is 0 Å². The molecule has 2 unspecified atom stereocenters. The van der Waals surface area contributed by atoms with Gasteiger partial charge >= 0.3 is 0 Å². The molecule has 0 spiro atoms. The van der Waals surface area contributed by atoms with Crippen molar-refractivity contribution in [2.45, 2.75) is 86.1 Å². The Morgan fingerprint density at radius 2 is 1.67 bits per heavy atom. The summed E-state index contributed by atoms with van der Waals surface area (Å²) >= 11 is 0. The molecule has 0 N–H and O–H groups in total. The van der Waals surface area contributed by atoms with Gasteiger partial charge in [0.05, 0.1) is 0 Å². The minimum Gasteiger partial charge on any atom is -0.298 e. The molecule has 0 heterocycles. The van der Waals surface area contributed by atoms with Crippen molar-refractivity contribution in [3.05, 3.63) is 0 Å². The summed E-state index contributed by atoms with van der Waals surface area (Å²) in [6.07, 6.45) is 7.90. The summed E-state index contributed by atoms with van der Waals surface area (Å²) in [4.78, 5) is 4.11. The average molecular weight is 253 g/mol. The molecule has 0 aliphatic heterocycles. The normalized spacial score (nSPS) is 16.9. The molecule has 0 amide bonds. The topological polar surface area (TPSA) is 12.4 Å². The van der Waals surface area contributed by atoms with Crippen molar-refractivity contribution in [1.29, 1.82) is 0 Å². The molecule has 0 fully saturated rings. The van der Waals surface area contributed by atoms with Gasteiger partial charge in [-0.05, 0) is 56.6 Å². The van der Waals surface area contributed by atoms with Gasteiger partial charge in [0.1, 0.15) is 0 Å². The Morgan fingerprint density at radius 3 is 2.06 bits per heavy atom. The Kier molecular flexibility index (Phi) is 8.56. The van der Waals surface area contributed by atoms with Crippen LogP contribution in [0.2, 0.25) is 0 Å². The van der Waals surface area contributed by atoms with Gasteiger partial charge in [-0.25, -0.2) is 0 Å². The lowest BCUT2D eigenvalue weighted by atomic mass is 9.66. The fourth-order valence-electron chi connectivity index (χ4n) is 3.29. The van der Waals surface area contributed by atoms with Crippen molar-refractivity contribution in [2.24, 2.45) is 22.2 Å². The first-order chi connectivity index (χ1) is 8.38. The number of nitrogens with zero attached hydrogens (tertiary/aromatic N) is 1. The zero-order valence-corrected chi connectivity index (χ0v) is 13.6. The maximum atomic E-state index is 4.11. The van der Waals surface area contributed by atoms with Crippen molar-refractivity contribution in [2.75, 3.05) is 0 Å². The van der Waals surface area contributed by atoms with Crippen LogP contribution in [0.25, 0.3) is 0 Å². The van der Waals surface area contributed by atoms with Crippen LogP contribution in [-0.4, -0.2) is 12.8 Å². The molecule has 0 aliphatic carbocycles. The first-order valence-corrected chi connectivity index (χ1v) is 7.83. The number of hydrogen-bond acceptors (Lipinski definition) is 1. The van der Waals surface area contributed by atoms with Gasteiger partial charge in [0.2, 0.25) is 0 Å². The minimum atomic E-state index is 0.426. The van der Waals surface area contributed by atoms with Gasteiger partial charge in [0.25, 0.3) is 0 Å². The fourth-order valence-corrected chi connectivity index (χ4v) is 3.29. The Morgan fingerprint density at radius 1 is 1.06 bits per heavy atom. The highest BCUT2D eigenvalue weighted by atomic mass is 14.7. The van der Waals surface area contributed by atoms with Crippen LogP contribution in [0.15, 0.2) is 4.99 Å². The molecular weight excluding hydrogens is 218 g/mol. The fraction of sp³-hybridized carbons (Fsp3) is 0.941. The summed E-state index contributed by atoms with van der Waals surface area (Å²) in [6, 6.07) is 0.426. The van der Waals surface area contributed by atoms with E-state index in [0.29, 0.717) is 11.5 Å². The van der Waals surface area contributed by atoms with E-state index in [1.165, 1.54) is 38.5 Å². The molecule has 2 atom stereocenters. The molecule has 1 heteroatoms. The van der Waals surface area contributed by atoms with E-state index in [1.807, 2.05) is 0 Å². The van der Waals surface area contributed by atoms with E-state index >= 15 is 0 Å². The van der Waals surface area contributed by atoms with E-state index in [9.17, 15) is 0 Å². The van der Waals surface area contributed by atoms with Gasteiger partial charge in [-0.3, -0.25) is 4.99 Å². The molecule has 0 rings (SSSR count). The second kappa shape index (κ2) is 8.72. The van der Waals surface area contributed by atoms with E-state index in [0.717, 1.165) is 11.8 Å². The quantitative estimate of drug-likeness (QED) is 0.441. The largest absolute Gasteiger partial charge is 0.298 e. The van der Waals surface area contributed by atoms with Crippen LogP contribution >= 0.6 is 0 Å². The SMILES string of the molecule is C=NC(C)CCCC(CCC)(CC(C)C)C(C)C. The molecule has 0 radical (unpaired) electrons. The third-order valence-corrected chi connectivity index (χ3v) is 4.40. The summed E-state index contributed by atoms with van der Waals surface area (Å²) in [5.74, 6) is 1.58. The molecule has 1 nitrogen and oxygen atoms in total. The second-order valence-electron chi connectivity index (χ2n) is 6.79. The molecular formula is C17H35N. The first-order valence-electron chi connectivity index (χ1n) is 7.83.